The van der Waals surface area contributed by atoms with Gasteiger partial charge in [-0.15, -0.1) is 0 Å². The predicted octanol–water partition coefficient (Wildman–Crippen LogP) is 1.78. The number of likely N-dealkylation sites (tertiary alicyclic amines) is 1. The van der Waals surface area contributed by atoms with Gasteiger partial charge >= 0.3 is 6.18 Å². The summed E-state index contributed by atoms with van der Waals surface area (Å²) in [5, 5.41) is 0. The maximum atomic E-state index is 12.4. The minimum Gasteiger partial charge on any atom is -0.327 e. The van der Waals surface area contributed by atoms with Crippen molar-refractivity contribution >= 4 is 0 Å². The van der Waals surface area contributed by atoms with Crippen LogP contribution in [0.25, 0.3) is 0 Å². The highest BCUT2D eigenvalue weighted by Gasteiger charge is 2.41. The molecule has 1 rings (SSSR count). The second-order valence-corrected chi connectivity index (χ2v) is 3.85. The van der Waals surface area contributed by atoms with Crippen molar-refractivity contribution in [2.45, 2.75) is 19.0 Å². The van der Waals surface area contributed by atoms with Crippen LogP contribution in [0.4, 0.5) is 13.2 Å². The van der Waals surface area contributed by atoms with Crippen molar-refractivity contribution in [3.8, 4) is 0 Å². The molecule has 0 radical (unpaired) electrons. The van der Waals surface area contributed by atoms with Crippen molar-refractivity contribution in [2.24, 2.45) is 11.7 Å². The fraction of sp³-hybridized carbons (Fsp3) is 0.800. The summed E-state index contributed by atoms with van der Waals surface area (Å²) in [7, 11) is 0. The third kappa shape index (κ3) is 4.22. The van der Waals surface area contributed by atoms with Gasteiger partial charge in [0.25, 0.3) is 0 Å². The van der Waals surface area contributed by atoms with Gasteiger partial charge in [-0.2, -0.15) is 13.2 Å². The highest BCUT2D eigenvalue weighted by atomic mass is 19.4. The Morgan fingerprint density at radius 2 is 2.07 bits per heavy atom. The van der Waals surface area contributed by atoms with E-state index in [4.69, 9.17) is 5.73 Å². The summed E-state index contributed by atoms with van der Waals surface area (Å²) in [6, 6.07) is 0. The fourth-order valence-corrected chi connectivity index (χ4v) is 1.81. The van der Waals surface area contributed by atoms with Crippen molar-refractivity contribution in [2.75, 3.05) is 26.2 Å². The van der Waals surface area contributed by atoms with Crippen molar-refractivity contribution in [1.82, 2.24) is 4.90 Å². The molecule has 2 N–H and O–H groups in total. The molecule has 2 nitrogen and oxygen atoms in total. The first kappa shape index (κ1) is 12.5. The van der Waals surface area contributed by atoms with Crippen molar-refractivity contribution in [3.05, 3.63) is 12.2 Å². The predicted molar refractivity (Wildman–Crippen MR) is 53.4 cm³/mol. The van der Waals surface area contributed by atoms with E-state index in [1.165, 1.54) is 0 Å². The zero-order chi connectivity index (χ0) is 11.3. The molecule has 1 unspecified atom stereocenters. The number of nitrogens with two attached hydrogens (primary N) is 1. The number of nitrogens with zero attached hydrogens (tertiary/aromatic N) is 1. The molecule has 1 aliphatic heterocycles. The van der Waals surface area contributed by atoms with Gasteiger partial charge in [-0.25, -0.2) is 0 Å². The summed E-state index contributed by atoms with van der Waals surface area (Å²) in [4.78, 5) is 1.83. The van der Waals surface area contributed by atoms with Gasteiger partial charge in [-0.05, 0) is 19.4 Å². The van der Waals surface area contributed by atoms with Crippen LogP contribution in [0.3, 0.4) is 0 Å². The Bertz CT molecular complexity index is 213. The quantitative estimate of drug-likeness (QED) is 0.737. The molecule has 5 heteroatoms. The van der Waals surface area contributed by atoms with Gasteiger partial charge in [0.1, 0.15) is 0 Å². The zero-order valence-electron chi connectivity index (χ0n) is 8.63. The van der Waals surface area contributed by atoms with E-state index in [2.05, 4.69) is 0 Å². The normalized spacial score (nSPS) is 24.9. The molecule has 0 spiro atoms. The second-order valence-electron chi connectivity index (χ2n) is 3.85. The highest BCUT2D eigenvalue weighted by Crippen LogP contribution is 2.32. The average molecular weight is 222 g/mol. The Morgan fingerprint density at radius 1 is 1.33 bits per heavy atom. The van der Waals surface area contributed by atoms with Crippen LogP contribution in [0.2, 0.25) is 0 Å². The fourth-order valence-electron chi connectivity index (χ4n) is 1.81. The molecule has 1 atom stereocenters. The second kappa shape index (κ2) is 5.51. The number of halogens is 3. The Balaban J connectivity index is 2.39. The largest absolute Gasteiger partial charge is 0.393 e. The van der Waals surface area contributed by atoms with E-state index >= 15 is 0 Å². The van der Waals surface area contributed by atoms with E-state index in [1.807, 2.05) is 11.0 Å². The molecule has 15 heavy (non-hydrogen) atoms. The molecule has 0 aromatic heterocycles. The van der Waals surface area contributed by atoms with Crippen LogP contribution in [0.5, 0.6) is 0 Å². The van der Waals surface area contributed by atoms with Crippen LogP contribution in [0.1, 0.15) is 12.8 Å². The smallest absolute Gasteiger partial charge is 0.327 e. The third-order valence-corrected chi connectivity index (χ3v) is 2.63. The van der Waals surface area contributed by atoms with Crippen molar-refractivity contribution in [3.63, 3.8) is 0 Å². The third-order valence-electron chi connectivity index (χ3n) is 2.63. The summed E-state index contributed by atoms with van der Waals surface area (Å²) in [6.45, 7) is 1.89. The molecule has 1 aliphatic rings. The van der Waals surface area contributed by atoms with Crippen LogP contribution in [0, 0.1) is 5.92 Å². The minimum atomic E-state index is -4.05. The lowest BCUT2D eigenvalue weighted by atomic mass is 9.97. The molecular weight excluding hydrogens is 205 g/mol. The van der Waals surface area contributed by atoms with Gasteiger partial charge in [-0.3, -0.25) is 4.90 Å². The summed E-state index contributed by atoms with van der Waals surface area (Å²) in [5.74, 6) is -1.16. The number of alkyl halides is 3. The molecule has 1 heterocycles. The summed E-state index contributed by atoms with van der Waals surface area (Å²) >= 11 is 0. The van der Waals surface area contributed by atoms with Crippen molar-refractivity contribution < 1.29 is 13.2 Å². The molecule has 88 valence electrons. The lowest BCUT2D eigenvalue weighted by Gasteiger charge is -2.32. The number of rotatable bonds is 3. The van der Waals surface area contributed by atoms with Crippen molar-refractivity contribution in [1.29, 1.82) is 0 Å². The first-order valence-electron chi connectivity index (χ1n) is 5.18. The lowest BCUT2D eigenvalue weighted by Crippen LogP contribution is -2.41. The van der Waals surface area contributed by atoms with Gasteiger partial charge < -0.3 is 5.73 Å². The van der Waals surface area contributed by atoms with E-state index in [-0.39, 0.29) is 13.0 Å². The van der Waals surface area contributed by atoms with Crippen LogP contribution < -0.4 is 5.73 Å². The van der Waals surface area contributed by atoms with E-state index in [1.54, 1.807) is 6.08 Å². The molecule has 1 fully saturated rings. The van der Waals surface area contributed by atoms with E-state index < -0.39 is 12.1 Å². The van der Waals surface area contributed by atoms with E-state index in [0.29, 0.717) is 19.5 Å². The average Bonchev–Trinajstić information content (AvgIpc) is 2.17. The van der Waals surface area contributed by atoms with Crippen LogP contribution >= 0.6 is 0 Å². The highest BCUT2D eigenvalue weighted by molar-refractivity contribution is 4.88. The van der Waals surface area contributed by atoms with Gasteiger partial charge in [0.2, 0.25) is 0 Å². The molecule has 0 amide bonds. The van der Waals surface area contributed by atoms with E-state index in [9.17, 15) is 13.2 Å². The van der Waals surface area contributed by atoms with Crippen LogP contribution in [0.15, 0.2) is 12.2 Å². The Kier molecular flexibility index (Phi) is 4.60. The topological polar surface area (TPSA) is 29.3 Å². The molecule has 1 saturated heterocycles. The van der Waals surface area contributed by atoms with Crippen LogP contribution in [-0.4, -0.2) is 37.3 Å². The van der Waals surface area contributed by atoms with Crippen LogP contribution in [-0.2, 0) is 0 Å². The standard InChI is InChI=1S/C10H17F3N2/c11-10(12,13)9-4-3-7-15(8-9)6-2-1-5-14/h1-2,9H,3-8,14H2. The molecule has 0 bridgehead atoms. The number of hydrogen-bond acceptors (Lipinski definition) is 2. The minimum absolute atomic E-state index is 0.123. The summed E-state index contributed by atoms with van der Waals surface area (Å²) < 4.78 is 37.3. The van der Waals surface area contributed by atoms with Gasteiger partial charge in [0.15, 0.2) is 0 Å². The van der Waals surface area contributed by atoms with Gasteiger partial charge in [-0.1, -0.05) is 12.2 Å². The molecule has 0 aliphatic carbocycles. The first-order valence-corrected chi connectivity index (χ1v) is 5.18. The SMILES string of the molecule is NCC=CCN1CCCC(C(F)(F)F)C1. The zero-order valence-corrected chi connectivity index (χ0v) is 8.63. The first-order chi connectivity index (χ1) is 7.04. The Morgan fingerprint density at radius 3 is 2.67 bits per heavy atom. The molecule has 0 aromatic carbocycles. The Labute approximate surface area is 87.9 Å². The molecular formula is C10H17F3N2. The molecule has 0 aromatic rings. The lowest BCUT2D eigenvalue weighted by molar-refractivity contribution is -0.186. The summed E-state index contributed by atoms with van der Waals surface area (Å²) in [5.41, 5.74) is 5.26. The van der Waals surface area contributed by atoms with Gasteiger partial charge in [0, 0.05) is 19.6 Å². The molecule has 0 saturated carbocycles. The maximum Gasteiger partial charge on any atom is 0.393 e. The maximum absolute atomic E-state index is 12.4. The number of piperidine rings is 1. The number of hydrogen-bond donors (Lipinski definition) is 1. The monoisotopic (exact) mass is 222 g/mol. The van der Waals surface area contributed by atoms with Gasteiger partial charge in [0.05, 0.1) is 5.92 Å². The summed E-state index contributed by atoms with van der Waals surface area (Å²) in [6.07, 6.45) is 0.452. The van der Waals surface area contributed by atoms with E-state index in [0.717, 1.165) is 6.54 Å². The Hall–Kier alpha value is -0.550.